The zero-order chi connectivity index (χ0) is 22.5. The molecule has 1 saturated carbocycles. The Labute approximate surface area is 196 Å². The summed E-state index contributed by atoms with van der Waals surface area (Å²) in [6, 6.07) is 18.7. The number of phenols is 1. The van der Waals surface area contributed by atoms with E-state index in [0.717, 1.165) is 56.6 Å². The topological polar surface area (TPSA) is 70.3 Å². The highest BCUT2D eigenvalue weighted by molar-refractivity contribution is 5.31. The maximum atomic E-state index is 9.86. The molecule has 33 heavy (non-hydrogen) atoms. The molecule has 5 rings (SSSR count). The summed E-state index contributed by atoms with van der Waals surface area (Å²) < 4.78 is 1.96. The van der Waals surface area contributed by atoms with Crippen molar-refractivity contribution >= 4 is 0 Å². The van der Waals surface area contributed by atoms with Crippen molar-refractivity contribution in [2.75, 3.05) is 26.2 Å². The van der Waals surface area contributed by atoms with E-state index in [9.17, 15) is 5.11 Å². The van der Waals surface area contributed by atoms with Gasteiger partial charge >= 0.3 is 0 Å². The molecule has 2 aliphatic rings. The lowest BCUT2D eigenvalue weighted by Crippen LogP contribution is -2.52. The van der Waals surface area contributed by atoms with Gasteiger partial charge in [-0.05, 0) is 52.9 Å². The maximum Gasteiger partial charge on any atom is 0.173 e. The number of benzene rings is 2. The predicted molar refractivity (Wildman–Crippen MR) is 128 cm³/mol. The third-order valence-corrected chi connectivity index (χ3v) is 7.27. The molecule has 1 saturated heterocycles. The van der Waals surface area contributed by atoms with Crippen LogP contribution < -0.4 is 0 Å². The highest BCUT2D eigenvalue weighted by Gasteiger charge is 2.32. The summed E-state index contributed by atoms with van der Waals surface area (Å²) in [6.45, 7) is 4.90. The van der Waals surface area contributed by atoms with Crippen LogP contribution in [-0.2, 0) is 13.0 Å². The lowest BCUT2D eigenvalue weighted by molar-refractivity contribution is 0.0619. The van der Waals surface area contributed by atoms with Crippen molar-refractivity contribution in [2.24, 2.45) is 0 Å². The standard InChI is InChI=1S/C26H34N6O/c33-24-13-11-22(12-14-24)25(31-19-17-30(18-20-31)23-9-5-2-6-10-23)26-27-28-29-32(26)16-15-21-7-3-1-4-8-21/h1,3-4,7-8,11-14,23,25,33H,2,5-6,9-10,15-20H2. The van der Waals surface area contributed by atoms with E-state index in [1.807, 2.05) is 22.9 Å². The average molecular weight is 447 g/mol. The molecular weight excluding hydrogens is 412 g/mol. The highest BCUT2D eigenvalue weighted by atomic mass is 16.3. The van der Waals surface area contributed by atoms with Crippen molar-refractivity contribution in [3.63, 3.8) is 0 Å². The Balaban J connectivity index is 1.35. The number of aromatic hydroxyl groups is 1. The van der Waals surface area contributed by atoms with Crippen molar-refractivity contribution in [2.45, 2.75) is 57.2 Å². The van der Waals surface area contributed by atoms with Gasteiger partial charge in [0.2, 0.25) is 0 Å². The van der Waals surface area contributed by atoms with E-state index in [1.54, 1.807) is 12.1 Å². The van der Waals surface area contributed by atoms with Crippen LogP contribution in [0.5, 0.6) is 5.75 Å². The Morgan fingerprint density at radius 2 is 1.61 bits per heavy atom. The van der Waals surface area contributed by atoms with Crippen LogP contribution in [0.3, 0.4) is 0 Å². The van der Waals surface area contributed by atoms with Crippen molar-refractivity contribution < 1.29 is 5.11 Å². The van der Waals surface area contributed by atoms with E-state index in [2.05, 4.69) is 49.6 Å². The lowest BCUT2D eigenvalue weighted by atomic mass is 9.93. The van der Waals surface area contributed by atoms with Crippen molar-refractivity contribution in [3.05, 3.63) is 71.5 Å². The maximum absolute atomic E-state index is 9.86. The molecule has 1 unspecified atom stereocenters. The lowest BCUT2D eigenvalue weighted by Gasteiger charge is -2.43. The Hall–Kier alpha value is -2.77. The van der Waals surface area contributed by atoms with Crippen LogP contribution in [0.15, 0.2) is 54.6 Å². The molecule has 1 N–H and O–H groups in total. The minimum atomic E-state index is -0.0233. The van der Waals surface area contributed by atoms with Crippen LogP contribution >= 0.6 is 0 Å². The van der Waals surface area contributed by atoms with Gasteiger partial charge in [-0.25, -0.2) is 4.68 Å². The molecule has 7 heteroatoms. The number of rotatable bonds is 7. The summed E-state index contributed by atoms with van der Waals surface area (Å²) >= 11 is 0. The zero-order valence-electron chi connectivity index (χ0n) is 19.3. The highest BCUT2D eigenvalue weighted by Crippen LogP contribution is 2.31. The second-order valence-electron chi connectivity index (χ2n) is 9.35. The third-order valence-electron chi connectivity index (χ3n) is 7.27. The molecule has 1 aliphatic carbocycles. The summed E-state index contributed by atoms with van der Waals surface area (Å²) in [5.74, 6) is 1.16. The monoisotopic (exact) mass is 446 g/mol. The van der Waals surface area contributed by atoms with Crippen LogP contribution in [0.2, 0.25) is 0 Å². The molecule has 0 spiro atoms. The van der Waals surface area contributed by atoms with Gasteiger partial charge in [-0.15, -0.1) is 5.10 Å². The molecule has 0 bridgehead atoms. The van der Waals surface area contributed by atoms with Gasteiger partial charge in [0.1, 0.15) is 5.75 Å². The number of aromatic nitrogens is 4. The number of aryl methyl sites for hydroxylation is 2. The summed E-state index contributed by atoms with van der Waals surface area (Å²) in [7, 11) is 0. The van der Waals surface area contributed by atoms with Crippen LogP contribution in [0.4, 0.5) is 0 Å². The first kappa shape index (κ1) is 22.0. The van der Waals surface area contributed by atoms with E-state index in [-0.39, 0.29) is 11.8 Å². The molecule has 2 heterocycles. The van der Waals surface area contributed by atoms with Crippen molar-refractivity contribution in [1.29, 1.82) is 0 Å². The number of phenolic OH excluding ortho intramolecular Hbond substituents is 1. The fourth-order valence-corrected chi connectivity index (χ4v) is 5.43. The molecule has 1 aliphatic heterocycles. The Bertz CT molecular complexity index is 991. The summed E-state index contributed by atoms with van der Waals surface area (Å²) in [5.41, 5.74) is 2.40. The summed E-state index contributed by atoms with van der Waals surface area (Å²) in [6.07, 6.45) is 7.72. The smallest absolute Gasteiger partial charge is 0.173 e. The quantitative estimate of drug-likeness (QED) is 0.597. The molecular formula is C26H34N6O. The molecule has 0 amide bonds. The van der Waals surface area contributed by atoms with E-state index < -0.39 is 0 Å². The molecule has 174 valence electrons. The fraction of sp³-hybridized carbons (Fsp3) is 0.500. The third kappa shape index (κ3) is 5.25. The molecule has 7 nitrogen and oxygen atoms in total. The number of piperazine rings is 1. The van der Waals surface area contributed by atoms with E-state index in [0.29, 0.717) is 0 Å². The van der Waals surface area contributed by atoms with Gasteiger partial charge in [0.05, 0.1) is 6.04 Å². The Morgan fingerprint density at radius 1 is 0.879 bits per heavy atom. The number of tetrazole rings is 1. The average Bonchev–Trinajstić information content (AvgIpc) is 3.34. The van der Waals surface area contributed by atoms with Crippen LogP contribution in [0.1, 0.15) is 55.1 Å². The molecule has 0 radical (unpaired) electrons. The molecule has 1 atom stereocenters. The SMILES string of the molecule is Oc1ccc(C(c2nnnn2CCc2ccccc2)N2CCN(C3CCCCC3)CC2)cc1. The summed E-state index contributed by atoms with van der Waals surface area (Å²) in [5, 5.41) is 22.8. The van der Waals surface area contributed by atoms with Gasteiger partial charge in [-0.3, -0.25) is 9.80 Å². The van der Waals surface area contributed by atoms with Gasteiger partial charge in [0.15, 0.2) is 5.82 Å². The van der Waals surface area contributed by atoms with E-state index in [4.69, 9.17) is 0 Å². The minimum absolute atomic E-state index is 0.0233. The largest absolute Gasteiger partial charge is 0.508 e. The van der Waals surface area contributed by atoms with E-state index in [1.165, 1.54) is 37.7 Å². The van der Waals surface area contributed by atoms with Crippen LogP contribution in [0, 0.1) is 0 Å². The first-order valence-electron chi connectivity index (χ1n) is 12.3. The number of hydrogen-bond donors (Lipinski definition) is 1. The molecule has 3 aromatic rings. The second kappa shape index (κ2) is 10.4. The zero-order valence-corrected chi connectivity index (χ0v) is 19.3. The van der Waals surface area contributed by atoms with Gasteiger partial charge < -0.3 is 5.11 Å². The van der Waals surface area contributed by atoms with Crippen molar-refractivity contribution in [3.8, 4) is 5.75 Å². The van der Waals surface area contributed by atoms with Gasteiger partial charge in [-0.1, -0.05) is 61.7 Å². The van der Waals surface area contributed by atoms with Crippen LogP contribution in [-0.4, -0.2) is 67.3 Å². The summed E-state index contributed by atoms with van der Waals surface area (Å²) in [4.78, 5) is 5.21. The van der Waals surface area contributed by atoms with Crippen molar-refractivity contribution in [1.82, 2.24) is 30.0 Å². The first-order valence-corrected chi connectivity index (χ1v) is 12.3. The number of nitrogens with zero attached hydrogens (tertiary/aromatic N) is 6. The molecule has 2 fully saturated rings. The fourth-order valence-electron chi connectivity index (χ4n) is 5.43. The minimum Gasteiger partial charge on any atom is -0.508 e. The van der Waals surface area contributed by atoms with Crippen LogP contribution in [0.25, 0.3) is 0 Å². The number of hydrogen-bond acceptors (Lipinski definition) is 6. The molecule has 2 aromatic carbocycles. The van der Waals surface area contributed by atoms with Gasteiger partial charge in [-0.2, -0.15) is 0 Å². The normalized spacial score (nSPS) is 19.5. The van der Waals surface area contributed by atoms with Gasteiger partial charge in [0.25, 0.3) is 0 Å². The second-order valence-corrected chi connectivity index (χ2v) is 9.35. The molecule has 1 aromatic heterocycles. The first-order chi connectivity index (χ1) is 16.3. The van der Waals surface area contributed by atoms with E-state index >= 15 is 0 Å². The Morgan fingerprint density at radius 3 is 2.33 bits per heavy atom. The predicted octanol–water partition coefficient (Wildman–Crippen LogP) is 3.66. The Kier molecular flexibility index (Phi) is 6.98. The van der Waals surface area contributed by atoms with Gasteiger partial charge in [0, 0.05) is 38.8 Å².